The van der Waals surface area contributed by atoms with Crippen LogP contribution in [-0.4, -0.2) is 47.2 Å². The molecule has 0 radical (unpaired) electrons. The summed E-state index contributed by atoms with van der Waals surface area (Å²) in [6, 6.07) is 14.8. The lowest BCUT2D eigenvalue weighted by Gasteiger charge is -2.24. The zero-order valence-corrected chi connectivity index (χ0v) is 17.7. The summed E-state index contributed by atoms with van der Waals surface area (Å²) in [5.41, 5.74) is 0.422. The van der Waals surface area contributed by atoms with E-state index in [0.717, 1.165) is 4.31 Å². The van der Waals surface area contributed by atoms with Crippen LogP contribution in [0.2, 0.25) is 0 Å². The maximum absolute atomic E-state index is 13.2. The number of nitrogens with one attached hydrogen (secondary N) is 1. The summed E-state index contributed by atoms with van der Waals surface area (Å²) >= 11 is 0. The molecule has 0 aliphatic carbocycles. The molecule has 0 saturated heterocycles. The molecule has 8 heteroatoms. The molecule has 0 aliphatic heterocycles. The Morgan fingerprint density at radius 1 is 1.00 bits per heavy atom. The van der Waals surface area contributed by atoms with E-state index in [4.69, 9.17) is 9.47 Å². The minimum absolute atomic E-state index is 0.0916. The highest BCUT2D eigenvalue weighted by Crippen LogP contribution is 2.24. The van der Waals surface area contributed by atoms with Crippen molar-refractivity contribution in [1.29, 1.82) is 0 Å². The van der Waals surface area contributed by atoms with Gasteiger partial charge in [0.25, 0.3) is 10.0 Å². The number of carbonyl (C=O) groups excluding carboxylic acids is 1. The third-order valence-electron chi connectivity index (χ3n) is 4.05. The van der Waals surface area contributed by atoms with Gasteiger partial charge in [0.2, 0.25) is 5.91 Å². The summed E-state index contributed by atoms with van der Waals surface area (Å²) in [6.45, 7) is 5.53. The van der Waals surface area contributed by atoms with Crippen molar-refractivity contribution in [3.63, 3.8) is 0 Å². The number of sulfonamides is 1. The first-order chi connectivity index (χ1) is 14.0. The highest BCUT2D eigenvalue weighted by molar-refractivity contribution is 7.92. The van der Waals surface area contributed by atoms with Gasteiger partial charge in [0.1, 0.15) is 12.3 Å². The van der Waals surface area contributed by atoms with Crippen molar-refractivity contribution in [2.75, 3.05) is 37.2 Å². The summed E-state index contributed by atoms with van der Waals surface area (Å²) in [5, 5.41) is 2.75. The standard InChI is InChI=1S/C21H28N2O5S/c1-3-27-16-8-15-22-21(24)17-23(18-9-6-5-7-10-18)29(25,26)20-13-11-19(12-14-20)28-4-2/h5-7,9-14H,3-4,8,15-17H2,1-2H3,(H,22,24). The molecule has 0 atom stereocenters. The number of ether oxygens (including phenoxy) is 2. The van der Waals surface area contributed by atoms with Crippen molar-refractivity contribution in [3.8, 4) is 5.75 Å². The number of hydrogen-bond acceptors (Lipinski definition) is 5. The van der Waals surface area contributed by atoms with Crippen molar-refractivity contribution < 1.29 is 22.7 Å². The second-order valence-electron chi connectivity index (χ2n) is 6.15. The van der Waals surface area contributed by atoms with E-state index < -0.39 is 10.0 Å². The fourth-order valence-electron chi connectivity index (χ4n) is 2.64. The van der Waals surface area contributed by atoms with Gasteiger partial charge in [0, 0.05) is 19.8 Å². The quantitative estimate of drug-likeness (QED) is 0.534. The fraction of sp³-hybridized carbons (Fsp3) is 0.381. The van der Waals surface area contributed by atoms with E-state index >= 15 is 0 Å². The monoisotopic (exact) mass is 420 g/mol. The first-order valence-electron chi connectivity index (χ1n) is 9.64. The van der Waals surface area contributed by atoms with Crippen LogP contribution in [0.5, 0.6) is 5.75 Å². The minimum Gasteiger partial charge on any atom is -0.494 e. The van der Waals surface area contributed by atoms with Gasteiger partial charge in [-0.05, 0) is 56.7 Å². The molecule has 1 N–H and O–H groups in total. The van der Waals surface area contributed by atoms with Crippen LogP contribution in [0.25, 0.3) is 0 Å². The summed E-state index contributed by atoms with van der Waals surface area (Å²) in [5.74, 6) is 0.213. The Kier molecular flexibility index (Phi) is 8.95. The average molecular weight is 421 g/mol. The van der Waals surface area contributed by atoms with E-state index in [2.05, 4.69) is 5.32 Å². The van der Waals surface area contributed by atoms with Gasteiger partial charge in [-0.3, -0.25) is 9.10 Å². The van der Waals surface area contributed by atoms with Gasteiger partial charge in [-0.25, -0.2) is 8.42 Å². The van der Waals surface area contributed by atoms with Crippen LogP contribution in [0.3, 0.4) is 0 Å². The van der Waals surface area contributed by atoms with Crippen molar-refractivity contribution in [3.05, 3.63) is 54.6 Å². The van der Waals surface area contributed by atoms with Crippen molar-refractivity contribution in [1.82, 2.24) is 5.32 Å². The molecule has 0 aliphatic rings. The number of anilines is 1. The lowest BCUT2D eigenvalue weighted by atomic mass is 10.3. The third kappa shape index (κ3) is 6.76. The normalized spacial score (nSPS) is 11.1. The molecule has 2 aromatic rings. The summed E-state index contributed by atoms with van der Waals surface area (Å²) in [7, 11) is -3.93. The molecular weight excluding hydrogens is 392 g/mol. The van der Waals surface area contributed by atoms with Gasteiger partial charge < -0.3 is 14.8 Å². The van der Waals surface area contributed by atoms with E-state index in [1.165, 1.54) is 12.1 Å². The number of amides is 1. The average Bonchev–Trinajstić information content (AvgIpc) is 2.73. The van der Waals surface area contributed by atoms with Crippen LogP contribution < -0.4 is 14.4 Å². The Balaban J connectivity index is 2.18. The summed E-state index contributed by atoms with van der Waals surface area (Å²) in [6.07, 6.45) is 0.663. The molecule has 158 valence electrons. The first-order valence-corrected chi connectivity index (χ1v) is 11.1. The highest BCUT2D eigenvalue weighted by atomic mass is 32.2. The van der Waals surface area contributed by atoms with Gasteiger partial charge in [-0.2, -0.15) is 0 Å². The zero-order chi connectivity index (χ0) is 21.1. The van der Waals surface area contributed by atoms with Crippen molar-refractivity contribution in [2.45, 2.75) is 25.2 Å². The Morgan fingerprint density at radius 3 is 2.31 bits per heavy atom. The number of carbonyl (C=O) groups is 1. The van der Waals surface area contributed by atoms with E-state index in [-0.39, 0.29) is 17.3 Å². The van der Waals surface area contributed by atoms with Crippen LogP contribution in [0.4, 0.5) is 5.69 Å². The molecule has 29 heavy (non-hydrogen) atoms. The van der Waals surface area contributed by atoms with Gasteiger partial charge in [-0.15, -0.1) is 0 Å². The molecule has 1 amide bonds. The summed E-state index contributed by atoms with van der Waals surface area (Å²) < 4.78 is 38.2. The minimum atomic E-state index is -3.93. The van der Waals surface area contributed by atoms with Crippen LogP contribution in [0.15, 0.2) is 59.5 Å². The Bertz CT molecular complexity index is 854. The zero-order valence-electron chi connectivity index (χ0n) is 16.8. The third-order valence-corrected chi connectivity index (χ3v) is 5.83. The SMILES string of the molecule is CCOCCCNC(=O)CN(c1ccccc1)S(=O)(=O)c1ccc(OCC)cc1. The smallest absolute Gasteiger partial charge is 0.264 e. The number of para-hydroxylation sites is 1. The van der Waals surface area contributed by atoms with Gasteiger partial charge in [0.05, 0.1) is 17.2 Å². The van der Waals surface area contributed by atoms with Crippen LogP contribution >= 0.6 is 0 Å². The number of hydrogen-bond donors (Lipinski definition) is 1. The van der Waals surface area contributed by atoms with Gasteiger partial charge in [0.15, 0.2) is 0 Å². The molecule has 0 spiro atoms. The first kappa shape index (κ1) is 22.7. The Labute approximate surface area is 172 Å². The van der Waals surface area contributed by atoms with Crippen molar-refractivity contribution >= 4 is 21.6 Å². The van der Waals surface area contributed by atoms with E-state index in [1.54, 1.807) is 42.5 Å². The van der Waals surface area contributed by atoms with Crippen molar-refractivity contribution in [2.24, 2.45) is 0 Å². The Hall–Kier alpha value is -2.58. The van der Waals surface area contributed by atoms with Crippen LogP contribution in [-0.2, 0) is 19.6 Å². The molecule has 0 fully saturated rings. The largest absolute Gasteiger partial charge is 0.494 e. The Morgan fingerprint density at radius 2 is 1.69 bits per heavy atom. The molecule has 0 heterocycles. The van der Waals surface area contributed by atoms with Crippen LogP contribution in [0, 0.1) is 0 Å². The lowest BCUT2D eigenvalue weighted by Crippen LogP contribution is -2.41. The predicted molar refractivity (Wildman–Crippen MR) is 113 cm³/mol. The highest BCUT2D eigenvalue weighted by Gasteiger charge is 2.27. The maximum atomic E-state index is 13.2. The second kappa shape index (κ2) is 11.4. The molecule has 0 unspecified atom stereocenters. The van der Waals surface area contributed by atoms with Crippen LogP contribution in [0.1, 0.15) is 20.3 Å². The van der Waals surface area contributed by atoms with Gasteiger partial charge in [-0.1, -0.05) is 18.2 Å². The molecule has 0 saturated carbocycles. The van der Waals surface area contributed by atoms with E-state index in [9.17, 15) is 13.2 Å². The fourth-order valence-corrected chi connectivity index (χ4v) is 4.06. The van der Waals surface area contributed by atoms with Gasteiger partial charge >= 0.3 is 0 Å². The maximum Gasteiger partial charge on any atom is 0.264 e. The molecule has 2 rings (SSSR count). The lowest BCUT2D eigenvalue weighted by molar-refractivity contribution is -0.119. The summed E-state index contributed by atoms with van der Waals surface area (Å²) in [4.78, 5) is 12.5. The second-order valence-corrected chi connectivity index (χ2v) is 8.01. The topological polar surface area (TPSA) is 84.9 Å². The molecular formula is C21H28N2O5S. The molecule has 2 aromatic carbocycles. The molecule has 0 aromatic heterocycles. The molecule has 0 bridgehead atoms. The number of nitrogens with zero attached hydrogens (tertiary/aromatic N) is 1. The number of rotatable bonds is 12. The van der Waals surface area contributed by atoms with E-state index in [0.29, 0.717) is 44.2 Å². The number of benzene rings is 2. The van der Waals surface area contributed by atoms with E-state index in [1.807, 2.05) is 13.8 Å². The predicted octanol–water partition coefficient (Wildman–Crippen LogP) is 2.82. The molecule has 7 nitrogen and oxygen atoms in total.